The monoisotopic (exact) mass is 264 g/mol. The molecular weight excluding hydrogens is 248 g/mol. The van der Waals surface area contributed by atoms with Crippen molar-refractivity contribution in [2.75, 3.05) is 6.61 Å². The summed E-state index contributed by atoms with van der Waals surface area (Å²) >= 11 is 0. The summed E-state index contributed by atoms with van der Waals surface area (Å²) in [5.41, 5.74) is 0.730. The van der Waals surface area contributed by atoms with Crippen molar-refractivity contribution in [2.24, 2.45) is 7.05 Å². The van der Waals surface area contributed by atoms with E-state index in [1.165, 1.54) is 0 Å². The molecule has 0 radical (unpaired) electrons. The third-order valence-corrected chi connectivity index (χ3v) is 2.76. The molecule has 1 atom stereocenters. The molecule has 0 spiro atoms. The minimum absolute atomic E-state index is 0.275. The summed E-state index contributed by atoms with van der Waals surface area (Å²) in [6.07, 6.45) is 3.83. The van der Waals surface area contributed by atoms with Gasteiger partial charge >= 0.3 is 5.97 Å². The van der Waals surface area contributed by atoms with E-state index in [-0.39, 0.29) is 11.9 Å². The summed E-state index contributed by atoms with van der Waals surface area (Å²) in [7, 11) is 1.83. The van der Waals surface area contributed by atoms with E-state index >= 15 is 0 Å². The summed E-state index contributed by atoms with van der Waals surface area (Å²) in [5.74, 6) is -0.172. The number of nitrogens with zero attached hydrogens (tertiary/aromatic N) is 4. The van der Waals surface area contributed by atoms with Gasteiger partial charge in [0.25, 0.3) is 0 Å². The van der Waals surface area contributed by atoms with Crippen molar-refractivity contribution < 1.29 is 14.1 Å². The van der Waals surface area contributed by atoms with Crippen LogP contribution in [-0.2, 0) is 16.6 Å². The maximum atomic E-state index is 11.8. The van der Waals surface area contributed by atoms with E-state index in [0.29, 0.717) is 18.9 Å². The molecule has 0 saturated heterocycles. The first-order valence-corrected chi connectivity index (χ1v) is 6.14. The second-order valence-electron chi connectivity index (χ2n) is 4.06. The Morgan fingerprint density at radius 2 is 2.32 bits per heavy atom. The van der Waals surface area contributed by atoms with E-state index in [2.05, 4.69) is 15.1 Å². The molecule has 2 rings (SSSR count). The fraction of sp³-hybridized carbons (Fsp3) is 0.500. The lowest BCUT2D eigenvalue weighted by atomic mass is 10.1. The zero-order chi connectivity index (χ0) is 13.8. The molecule has 2 aromatic heterocycles. The molecule has 2 aromatic rings. The van der Waals surface area contributed by atoms with E-state index in [1.54, 1.807) is 24.0 Å². The van der Waals surface area contributed by atoms with Crippen molar-refractivity contribution >= 4 is 5.97 Å². The molecule has 0 aromatic carbocycles. The Hall–Kier alpha value is -2.18. The van der Waals surface area contributed by atoms with Gasteiger partial charge in [-0.1, -0.05) is 12.1 Å². The molecule has 0 aliphatic heterocycles. The number of hydrogen-bond acceptors (Lipinski definition) is 6. The lowest BCUT2D eigenvalue weighted by molar-refractivity contribution is -0.145. The normalized spacial score (nSPS) is 12.4. The van der Waals surface area contributed by atoms with Crippen LogP contribution in [0, 0.1) is 0 Å². The number of aryl methyl sites for hydroxylation is 1. The fourth-order valence-corrected chi connectivity index (χ4v) is 1.74. The highest BCUT2D eigenvalue weighted by atomic mass is 16.5. The first-order chi connectivity index (χ1) is 9.17. The van der Waals surface area contributed by atoms with Crippen molar-refractivity contribution in [1.82, 2.24) is 19.7 Å². The van der Waals surface area contributed by atoms with E-state index < -0.39 is 5.92 Å². The molecule has 7 heteroatoms. The smallest absolute Gasteiger partial charge is 0.318 e. The van der Waals surface area contributed by atoms with Crippen LogP contribution in [0.15, 0.2) is 17.0 Å². The van der Waals surface area contributed by atoms with Crippen LogP contribution in [0.4, 0.5) is 0 Å². The SMILES string of the molecule is CCOC(=O)C(CC)c1nc(-c2cncn2C)no1. The van der Waals surface area contributed by atoms with Crippen LogP contribution in [0.3, 0.4) is 0 Å². The van der Waals surface area contributed by atoms with E-state index in [9.17, 15) is 4.79 Å². The second kappa shape index (κ2) is 5.64. The van der Waals surface area contributed by atoms with Crippen molar-refractivity contribution in [2.45, 2.75) is 26.2 Å². The van der Waals surface area contributed by atoms with Crippen molar-refractivity contribution in [1.29, 1.82) is 0 Å². The molecule has 19 heavy (non-hydrogen) atoms. The highest BCUT2D eigenvalue weighted by molar-refractivity contribution is 5.76. The van der Waals surface area contributed by atoms with Crippen molar-refractivity contribution in [3.63, 3.8) is 0 Å². The summed E-state index contributed by atoms with van der Waals surface area (Å²) < 4.78 is 11.9. The van der Waals surface area contributed by atoms with Crippen molar-refractivity contribution in [3.05, 3.63) is 18.4 Å². The molecule has 0 fully saturated rings. The van der Waals surface area contributed by atoms with E-state index in [4.69, 9.17) is 9.26 Å². The topological polar surface area (TPSA) is 83.0 Å². The van der Waals surface area contributed by atoms with Gasteiger partial charge in [-0.15, -0.1) is 0 Å². The predicted molar refractivity (Wildman–Crippen MR) is 66.2 cm³/mol. The Morgan fingerprint density at radius 3 is 2.89 bits per heavy atom. The van der Waals surface area contributed by atoms with Crippen LogP contribution in [0.1, 0.15) is 32.1 Å². The Balaban J connectivity index is 2.25. The molecule has 0 bridgehead atoms. The molecule has 2 heterocycles. The van der Waals surface area contributed by atoms with Gasteiger partial charge in [0.15, 0.2) is 0 Å². The minimum Gasteiger partial charge on any atom is -0.465 e. The molecule has 1 unspecified atom stereocenters. The summed E-state index contributed by atoms with van der Waals surface area (Å²) in [6.45, 7) is 3.97. The van der Waals surface area contributed by atoms with Crippen LogP contribution in [0.5, 0.6) is 0 Å². The van der Waals surface area contributed by atoms with Crippen LogP contribution >= 0.6 is 0 Å². The van der Waals surface area contributed by atoms with E-state index in [1.807, 2.05) is 14.0 Å². The van der Waals surface area contributed by atoms with Gasteiger partial charge in [-0.05, 0) is 13.3 Å². The van der Waals surface area contributed by atoms with Crippen LogP contribution in [-0.4, -0.2) is 32.3 Å². The van der Waals surface area contributed by atoms with E-state index in [0.717, 1.165) is 5.69 Å². The van der Waals surface area contributed by atoms with Gasteiger partial charge in [0.1, 0.15) is 11.6 Å². The quantitative estimate of drug-likeness (QED) is 0.761. The average Bonchev–Trinajstić information content (AvgIpc) is 2.99. The van der Waals surface area contributed by atoms with Gasteiger partial charge in [0.05, 0.1) is 19.1 Å². The molecule has 7 nitrogen and oxygen atoms in total. The number of carbonyl (C=O) groups excluding carboxylic acids is 1. The number of hydrogen-bond donors (Lipinski definition) is 0. The van der Waals surface area contributed by atoms with Gasteiger partial charge in [0.2, 0.25) is 11.7 Å². The molecule has 0 N–H and O–H groups in total. The molecule has 102 valence electrons. The molecule has 0 aliphatic carbocycles. The maximum Gasteiger partial charge on any atom is 0.318 e. The summed E-state index contributed by atoms with van der Waals surface area (Å²) in [4.78, 5) is 20.0. The highest BCUT2D eigenvalue weighted by Crippen LogP contribution is 2.22. The molecular formula is C12H16N4O3. The Labute approximate surface area is 110 Å². The van der Waals surface area contributed by atoms with Crippen LogP contribution < -0.4 is 0 Å². The number of carbonyl (C=O) groups is 1. The highest BCUT2D eigenvalue weighted by Gasteiger charge is 2.26. The van der Waals surface area contributed by atoms with Gasteiger partial charge < -0.3 is 13.8 Å². The fourth-order valence-electron chi connectivity index (χ4n) is 1.74. The first-order valence-electron chi connectivity index (χ1n) is 6.14. The lowest BCUT2D eigenvalue weighted by Gasteiger charge is -2.08. The Morgan fingerprint density at radius 1 is 1.53 bits per heavy atom. The summed E-state index contributed by atoms with van der Waals surface area (Å²) in [5, 5.41) is 3.88. The molecule has 0 amide bonds. The first kappa shape index (κ1) is 13.3. The minimum atomic E-state index is -0.519. The Bertz CT molecular complexity index is 561. The van der Waals surface area contributed by atoms with Crippen LogP contribution in [0.25, 0.3) is 11.5 Å². The molecule has 0 saturated carbocycles. The number of ether oxygens (including phenoxy) is 1. The number of esters is 1. The van der Waals surface area contributed by atoms with Gasteiger partial charge in [-0.2, -0.15) is 4.98 Å². The maximum absolute atomic E-state index is 11.8. The zero-order valence-electron chi connectivity index (χ0n) is 11.2. The van der Waals surface area contributed by atoms with Gasteiger partial charge in [-0.3, -0.25) is 4.79 Å². The summed E-state index contributed by atoms with van der Waals surface area (Å²) in [6, 6.07) is 0. The van der Waals surface area contributed by atoms with Crippen LogP contribution in [0.2, 0.25) is 0 Å². The lowest BCUT2D eigenvalue weighted by Crippen LogP contribution is -2.15. The largest absolute Gasteiger partial charge is 0.465 e. The number of aromatic nitrogens is 4. The number of rotatable bonds is 5. The second-order valence-corrected chi connectivity index (χ2v) is 4.06. The molecule has 0 aliphatic rings. The standard InChI is InChI=1S/C12H16N4O3/c1-4-8(12(17)18-5-2)11-14-10(15-19-11)9-6-13-7-16(9)3/h6-8H,4-5H2,1-3H3. The van der Waals surface area contributed by atoms with Gasteiger partial charge in [0, 0.05) is 7.05 Å². The predicted octanol–water partition coefficient (Wildman–Crippen LogP) is 1.53. The number of imidazole rings is 1. The van der Waals surface area contributed by atoms with Gasteiger partial charge in [-0.25, -0.2) is 4.98 Å². The zero-order valence-corrected chi connectivity index (χ0v) is 11.2. The average molecular weight is 264 g/mol. The third kappa shape index (κ3) is 2.64. The Kier molecular flexibility index (Phi) is 3.94. The third-order valence-electron chi connectivity index (χ3n) is 2.76. The van der Waals surface area contributed by atoms with Crippen molar-refractivity contribution in [3.8, 4) is 11.5 Å².